The van der Waals surface area contributed by atoms with E-state index >= 15 is 0 Å². The quantitative estimate of drug-likeness (QED) is 0.785. The van der Waals surface area contributed by atoms with Gasteiger partial charge in [0.2, 0.25) is 0 Å². The minimum Gasteiger partial charge on any atom is -0.316 e. The van der Waals surface area contributed by atoms with Gasteiger partial charge in [0.05, 0.1) is 5.52 Å². The van der Waals surface area contributed by atoms with Crippen LogP contribution >= 0.6 is 0 Å². The lowest BCUT2D eigenvalue weighted by molar-refractivity contribution is 0.543. The number of pyridine rings is 1. The number of rotatable bonds is 6. The van der Waals surface area contributed by atoms with E-state index in [1.165, 1.54) is 17.4 Å². The molecule has 0 amide bonds. The third-order valence-electron chi connectivity index (χ3n) is 3.02. The standard InChI is InChI=1S/C16H22N2/c1-13(2)11-17-9-5-6-14-10-15-7-3-4-8-16(15)18-12-14/h3-4,7-8,10,12-13,17H,5-6,9,11H2,1-2H3. The molecule has 2 aromatic rings. The van der Waals surface area contributed by atoms with Gasteiger partial charge in [-0.1, -0.05) is 32.0 Å². The number of aromatic nitrogens is 1. The molecule has 2 rings (SSSR count). The highest BCUT2D eigenvalue weighted by Gasteiger charge is 1.98. The Kier molecular flexibility index (Phi) is 4.71. The summed E-state index contributed by atoms with van der Waals surface area (Å²) in [5, 5.41) is 4.71. The fourth-order valence-electron chi connectivity index (χ4n) is 2.06. The minimum absolute atomic E-state index is 0.729. The zero-order valence-electron chi connectivity index (χ0n) is 11.3. The van der Waals surface area contributed by atoms with Gasteiger partial charge in [-0.3, -0.25) is 4.98 Å². The summed E-state index contributed by atoms with van der Waals surface area (Å²) in [5.41, 5.74) is 2.42. The van der Waals surface area contributed by atoms with Crippen LogP contribution in [0.25, 0.3) is 10.9 Å². The average Bonchev–Trinajstić information content (AvgIpc) is 2.38. The lowest BCUT2D eigenvalue weighted by Crippen LogP contribution is -2.21. The summed E-state index contributed by atoms with van der Waals surface area (Å²) >= 11 is 0. The van der Waals surface area contributed by atoms with Crippen LogP contribution in [0.3, 0.4) is 0 Å². The molecule has 18 heavy (non-hydrogen) atoms. The molecule has 2 nitrogen and oxygen atoms in total. The molecule has 0 saturated carbocycles. The van der Waals surface area contributed by atoms with Crippen molar-refractivity contribution in [2.75, 3.05) is 13.1 Å². The Labute approximate surface area is 109 Å². The fraction of sp³-hybridized carbons (Fsp3) is 0.438. The van der Waals surface area contributed by atoms with E-state index in [9.17, 15) is 0 Å². The molecule has 0 atom stereocenters. The zero-order chi connectivity index (χ0) is 12.8. The first kappa shape index (κ1) is 13.0. The van der Waals surface area contributed by atoms with Crippen molar-refractivity contribution in [3.63, 3.8) is 0 Å². The van der Waals surface area contributed by atoms with Crippen molar-refractivity contribution in [3.8, 4) is 0 Å². The molecule has 1 aromatic heterocycles. The number of nitrogens with one attached hydrogen (secondary N) is 1. The molecule has 1 N–H and O–H groups in total. The van der Waals surface area contributed by atoms with Crippen LogP contribution in [0.1, 0.15) is 25.8 Å². The topological polar surface area (TPSA) is 24.9 Å². The van der Waals surface area contributed by atoms with Crippen LogP contribution in [-0.4, -0.2) is 18.1 Å². The number of aryl methyl sites for hydroxylation is 1. The lowest BCUT2D eigenvalue weighted by atomic mass is 10.1. The van der Waals surface area contributed by atoms with Gasteiger partial charge < -0.3 is 5.32 Å². The van der Waals surface area contributed by atoms with Crippen molar-refractivity contribution < 1.29 is 0 Å². The van der Waals surface area contributed by atoms with Gasteiger partial charge in [0.1, 0.15) is 0 Å². The fourth-order valence-corrected chi connectivity index (χ4v) is 2.06. The molecule has 0 aliphatic carbocycles. The highest BCUT2D eigenvalue weighted by molar-refractivity contribution is 5.78. The molecule has 0 spiro atoms. The summed E-state index contributed by atoms with van der Waals surface area (Å²) in [7, 11) is 0. The molecule has 0 bridgehead atoms. The van der Waals surface area contributed by atoms with E-state index < -0.39 is 0 Å². The number of para-hydroxylation sites is 1. The van der Waals surface area contributed by atoms with E-state index in [1.54, 1.807) is 0 Å². The van der Waals surface area contributed by atoms with Gasteiger partial charge in [0.25, 0.3) is 0 Å². The van der Waals surface area contributed by atoms with E-state index in [1.807, 2.05) is 12.3 Å². The highest BCUT2D eigenvalue weighted by atomic mass is 14.8. The first-order valence-electron chi connectivity index (χ1n) is 6.80. The molecule has 0 saturated heterocycles. The van der Waals surface area contributed by atoms with Gasteiger partial charge >= 0.3 is 0 Å². The smallest absolute Gasteiger partial charge is 0.0702 e. The van der Waals surface area contributed by atoms with Crippen molar-refractivity contribution in [2.24, 2.45) is 5.92 Å². The van der Waals surface area contributed by atoms with E-state index in [-0.39, 0.29) is 0 Å². The summed E-state index contributed by atoms with van der Waals surface area (Å²) in [6.45, 7) is 6.67. The zero-order valence-corrected chi connectivity index (χ0v) is 11.3. The molecule has 2 heteroatoms. The molecule has 1 aromatic carbocycles. The maximum absolute atomic E-state index is 4.49. The summed E-state index contributed by atoms with van der Waals surface area (Å²) in [5.74, 6) is 0.729. The molecule has 1 heterocycles. The second-order valence-corrected chi connectivity index (χ2v) is 5.24. The maximum Gasteiger partial charge on any atom is 0.0702 e. The lowest BCUT2D eigenvalue weighted by Gasteiger charge is -2.07. The Bertz CT molecular complexity index is 491. The minimum atomic E-state index is 0.729. The van der Waals surface area contributed by atoms with Crippen LogP contribution in [0.2, 0.25) is 0 Å². The van der Waals surface area contributed by atoms with Crippen molar-refractivity contribution in [1.82, 2.24) is 10.3 Å². The largest absolute Gasteiger partial charge is 0.316 e. The summed E-state index contributed by atoms with van der Waals surface area (Å²) in [6, 6.07) is 10.5. The van der Waals surface area contributed by atoms with Crippen LogP contribution < -0.4 is 5.32 Å². The van der Waals surface area contributed by atoms with Gasteiger partial charge in [-0.2, -0.15) is 0 Å². The molecule has 0 aliphatic heterocycles. The number of hydrogen-bond donors (Lipinski definition) is 1. The Hall–Kier alpha value is -1.41. The predicted molar refractivity (Wildman–Crippen MR) is 77.8 cm³/mol. The Morgan fingerprint density at radius 1 is 1.22 bits per heavy atom. The van der Waals surface area contributed by atoms with E-state index in [0.717, 1.165) is 30.9 Å². The van der Waals surface area contributed by atoms with Crippen molar-refractivity contribution in [1.29, 1.82) is 0 Å². The highest BCUT2D eigenvalue weighted by Crippen LogP contribution is 2.13. The predicted octanol–water partition coefficient (Wildman–Crippen LogP) is 3.41. The van der Waals surface area contributed by atoms with Gasteiger partial charge in [-0.05, 0) is 49.5 Å². The van der Waals surface area contributed by atoms with Crippen LogP contribution in [0.15, 0.2) is 36.5 Å². The van der Waals surface area contributed by atoms with Crippen molar-refractivity contribution in [3.05, 3.63) is 42.1 Å². The number of hydrogen-bond acceptors (Lipinski definition) is 2. The van der Waals surface area contributed by atoms with Crippen LogP contribution in [0.5, 0.6) is 0 Å². The van der Waals surface area contributed by atoms with Crippen molar-refractivity contribution in [2.45, 2.75) is 26.7 Å². The van der Waals surface area contributed by atoms with E-state index in [2.05, 4.69) is 48.4 Å². The maximum atomic E-state index is 4.49. The second kappa shape index (κ2) is 6.50. The average molecular weight is 242 g/mol. The van der Waals surface area contributed by atoms with Crippen LogP contribution in [-0.2, 0) is 6.42 Å². The third kappa shape index (κ3) is 3.81. The van der Waals surface area contributed by atoms with Crippen LogP contribution in [0.4, 0.5) is 0 Å². The SMILES string of the molecule is CC(C)CNCCCc1cnc2ccccc2c1. The molecule has 0 fully saturated rings. The molecular weight excluding hydrogens is 220 g/mol. The van der Waals surface area contributed by atoms with Gasteiger partial charge in [-0.25, -0.2) is 0 Å². The molecule has 0 unspecified atom stereocenters. The second-order valence-electron chi connectivity index (χ2n) is 5.24. The monoisotopic (exact) mass is 242 g/mol. The first-order chi connectivity index (χ1) is 8.75. The normalized spacial score (nSPS) is 11.3. The summed E-state index contributed by atoms with van der Waals surface area (Å²) < 4.78 is 0. The van der Waals surface area contributed by atoms with Crippen molar-refractivity contribution >= 4 is 10.9 Å². The number of nitrogens with zero attached hydrogens (tertiary/aromatic N) is 1. The summed E-state index contributed by atoms with van der Waals surface area (Å²) in [4.78, 5) is 4.49. The molecular formula is C16H22N2. The molecule has 0 aliphatic rings. The van der Waals surface area contributed by atoms with Gasteiger partial charge in [-0.15, -0.1) is 0 Å². The Balaban J connectivity index is 1.84. The number of benzene rings is 1. The Morgan fingerprint density at radius 2 is 2.06 bits per heavy atom. The Morgan fingerprint density at radius 3 is 2.89 bits per heavy atom. The van der Waals surface area contributed by atoms with E-state index in [0.29, 0.717) is 0 Å². The van der Waals surface area contributed by atoms with Gasteiger partial charge in [0, 0.05) is 11.6 Å². The first-order valence-corrected chi connectivity index (χ1v) is 6.80. The summed E-state index contributed by atoms with van der Waals surface area (Å²) in [6.07, 6.45) is 4.28. The van der Waals surface area contributed by atoms with E-state index in [4.69, 9.17) is 0 Å². The molecule has 0 radical (unpaired) electrons. The third-order valence-corrected chi connectivity index (χ3v) is 3.02. The molecule has 96 valence electrons. The van der Waals surface area contributed by atoms with Crippen LogP contribution in [0, 0.1) is 5.92 Å². The number of fused-ring (bicyclic) bond motifs is 1. The van der Waals surface area contributed by atoms with Gasteiger partial charge in [0.15, 0.2) is 0 Å².